The first-order chi connectivity index (χ1) is 11.0. The number of aryl methyl sites for hydroxylation is 1. The lowest BCUT2D eigenvalue weighted by atomic mass is 10.0. The number of ketones is 1. The van der Waals surface area contributed by atoms with E-state index in [4.69, 9.17) is 4.42 Å². The van der Waals surface area contributed by atoms with Crippen molar-refractivity contribution in [3.05, 3.63) is 57.1 Å². The Kier molecular flexibility index (Phi) is 6.52. The molecule has 0 saturated heterocycles. The molecule has 0 unspecified atom stereocenters. The summed E-state index contributed by atoms with van der Waals surface area (Å²) in [6.07, 6.45) is 3.61. The number of amides is 1. The molecule has 1 N–H and O–H groups in total. The molecule has 2 rings (SSSR count). The summed E-state index contributed by atoms with van der Waals surface area (Å²) in [6.45, 7) is 1.99. The van der Waals surface area contributed by atoms with Crippen molar-refractivity contribution in [3.63, 3.8) is 0 Å². The van der Waals surface area contributed by atoms with Gasteiger partial charge in [0.25, 0.3) is 0 Å². The van der Waals surface area contributed by atoms with Crippen LogP contribution in [0, 0.1) is 10.5 Å². The van der Waals surface area contributed by atoms with Crippen LogP contribution in [0.1, 0.15) is 29.7 Å². The van der Waals surface area contributed by atoms with E-state index in [0.717, 1.165) is 14.7 Å². The second-order valence-electron chi connectivity index (χ2n) is 5.09. The summed E-state index contributed by atoms with van der Waals surface area (Å²) in [5.41, 5.74) is 4.48. The Morgan fingerprint density at radius 3 is 2.83 bits per heavy atom. The molecule has 23 heavy (non-hydrogen) atoms. The van der Waals surface area contributed by atoms with Gasteiger partial charge in [0, 0.05) is 22.8 Å². The molecule has 6 heteroatoms. The molecule has 1 aromatic carbocycles. The van der Waals surface area contributed by atoms with Crippen LogP contribution in [0.2, 0.25) is 0 Å². The van der Waals surface area contributed by atoms with Gasteiger partial charge in [-0.05, 0) is 64.9 Å². The summed E-state index contributed by atoms with van der Waals surface area (Å²) in [5, 5.41) is 3.77. The highest BCUT2D eigenvalue weighted by molar-refractivity contribution is 14.1. The van der Waals surface area contributed by atoms with Gasteiger partial charge < -0.3 is 4.42 Å². The maximum Gasteiger partial charge on any atom is 0.240 e. The van der Waals surface area contributed by atoms with E-state index >= 15 is 0 Å². The number of hydrogen-bond acceptors (Lipinski definition) is 4. The monoisotopic (exact) mass is 424 g/mol. The van der Waals surface area contributed by atoms with Crippen LogP contribution < -0.4 is 5.43 Å². The number of halogens is 1. The summed E-state index contributed by atoms with van der Waals surface area (Å²) in [5.74, 6) is 0.301. The summed E-state index contributed by atoms with van der Waals surface area (Å²) in [7, 11) is 0. The molecule has 0 spiro atoms. The number of hydrazone groups is 1. The van der Waals surface area contributed by atoms with E-state index < -0.39 is 0 Å². The molecule has 2 aromatic rings. The van der Waals surface area contributed by atoms with Gasteiger partial charge >= 0.3 is 0 Å². The minimum absolute atomic E-state index is 0.0412. The molecule has 0 aliphatic rings. The van der Waals surface area contributed by atoms with Crippen LogP contribution in [0.5, 0.6) is 0 Å². The largest absolute Gasteiger partial charge is 0.463 e. The predicted octanol–water partition coefficient (Wildman–Crippen LogP) is 3.23. The SMILES string of the molecule is Cc1cc(I)ccc1CC(=O)CCC(=O)NN=Cc1ccco1. The Morgan fingerprint density at radius 2 is 2.13 bits per heavy atom. The molecule has 0 radical (unpaired) electrons. The van der Waals surface area contributed by atoms with Crippen molar-refractivity contribution in [1.29, 1.82) is 0 Å². The smallest absolute Gasteiger partial charge is 0.240 e. The third kappa shape index (κ3) is 5.97. The zero-order valence-electron chi connectivity index (χ0n) is 12.7. The number of hydrogen-bond donors (Lipinski definition) is 1. The average Bonchev–Trinajstić information content (AvgIpc) is 3.01. The number of furan rings is 1. The Morgan fingerprint density at radius 1 is 1.30 bits per heavy atom. The molecular weight excluding hydrogens is 407 g/mol. The molecular formula is C17H17IN2O3. The highest BCUT2D eigenvalue weighted by atomic mass is 127. The predicted molar refractivity (Wildman–Crippen MR) is 96.3 cm³/mol. The average molecular weight is 424 g/mol. The fourth-order valence-electron chi connectivity index (χ4n) is 2.00. The van der Waals surface area contributed by atoms with Gasteiger partial charge in [0.15, 0.2) is 0 Å². The van der Waals surface area contributed by atoms with E-state index in [9.17, 15) is 9.59 Å². The van der Waals surface area contributed by atoms with Crippen LogP contribution in [0.4, 0.5) is 0 Å². The minimum Gasteiger partial charge on any atom is -0.463 e. The second-order valence-corrected chi connectivity index (χ2v) is 6.34. The zero-order chi connectivity index (χ0) is 16.7. The first-order valence-electron chi connectivity index (χ1n) is 7.17. The van der Waals surface area contributed by atoms with Crippen molar-refractivity contribution in [2.24, 2.45) is 5.10 Å². The summed E-state index contributed by atoms with van der Waals surface area (Å²) in [6, 6.07) is 9.44. The molecule has 0 atom stereocenters. The molecule has 0 aliphatic heterocycles. The van der Waals surface area contributed by atoms with Crippen molar-refractivity contribution in [1.82, 2.24) is 5.43 Å². The number of carbonyl (C=O) groups is 2. The number of rotatable bonds is 7. The van der Waals surface area contributed by atoms with Crippen LogP contribution in [-0.2, 0) is 16.0 Å². The molecule has 1 aromatic heterocycles. The lowest BCUT2D eigenvalue weighted by Crippen LogP contribution is -2.19. The van der Waals surface area contributed by atoms with E-state index in [2.05, 4.69) is 33.1 Å². The highest BCUT2D eigenvalue weighted by Gasteiger charge is 2.09. The Hall–Kier alpha value is -1.96. The fraction of sp³-hybridized carbons (Fsp3) is 0.235. The molecule has 0 bridgehead atoms. The highest BCUT2D eigenvalue weighted by Crippen LogP contribution is 2.14. The van der Waals surface area contributed by atoms with Crippen LogP contribution in [0.25, 0.3) is 0 Å². The number of nitrogens with zero attached hydrogens (tertiary/aromatic N) is 1. The Labute approximate surface area is 148 Å². The van der Waals surface area contributed by atoms with Gasteiger partial charge in [0.1, 0.15) is 11.5 Å². The fourth-order valence-corrected chi connectivity index (χ4v) is 2.65. The van der Waals surface area contributed by atoms with Crippen LogP contribution in [0.3, 0.4) is 0 Å². The molecule has 0 aliphatic carbocycles. The van der Waals surface area contributed by atoms with E-state index in [1.54, 1.807) is 12.1 Å². The van der Waals surface area contributed by atoms with Gasteiger partial charge in [0.05, 0.1) is 12.5 Å². The standard InChI is InChI=1S/C17H17IN2O3/c1-12-9-14(18)5-4-13(12)10-15(21)6-7-17(22)20-19-11-16-3-2-8-23-16/h2-5,8-9,11H,6-7,10H2,1H3,(H,20,22). The number of benzene rings is 1. The van der Waals surface area contributed by atoms with Crippen LogP contribution in [0.15, 0.2) is 46.1 Å². The maximum atomic E-state index is 12.0. The van der Waals surface area contributed by atoms with Crippen molar-refractivity contribution >= 4 is 40.5 Å². The summed E-state index contributed by atoms with van der Waals surface area (Å²) in [4.78, 5) is 23.6. The quantitative estimate of drug-likeness (QED) is 0.422. The first kappa shape index (κ1) is 17.4. The van der Waals surface area contributed by atoms with Crippen LogP contribution >= 0.6 is 22.6 Å². The van der Waals surface area contributed by atoms with Gasteiger partial charge in [-0.3, -0.25) is 9.59 Å². The van der Waals surface area contributed by atoms with Crippen molar-refractivity contribution in [2.75, 3.05) is 0 Å². The molecule has 120 valence electrons. The normalized spacial score (nSPS) is 10.9. The summed E-state index contributed by atoms with van der Waals surface area (Å²) >= 11 is 2.24. The van der Waals surface area contributed by atoms with Gasteiger partial charge in [0.2, 0.25) is 5.91 Å². The lowest BCUT2D eigenvalue weighted by Gasteiger charge is -2.05. The summed E-state index contributed by atoms with van der Waals surface area (Å²) < 4.78 is 6.19. The van der Waals surface area contributed by atoms with E-state index in [1.807, 2.05) is 25.1 Å². The van der Waals surface area contributed by atoms with Crippen molar-refractivity contribution < 1.29 is 14.0 Å². The molecule has 1 amide bonds. The third-order valence-electron chi connectivity index (χ3n) is 3.25. The van der Waals surface area contributed by atoms with Crippen molar-refractivity contribution in [2.45, 2.75) is 26.2 Å². The van der Waals surface area contributed by atoms with Gasteiger partial charge in [-0.2, -0.15) is 5.10 Å². The van der Waals surface area contributed by atoms with Crippen molar-refractivity contribution in [3.8, 4) is 0 Å². The first-order valence-corrected chi connectivity index (χ1v) is 8.24. The zero-order valence-corrected chi connectivity index (χ0v) is 14.9. The number of carbonyl (C=O) groups excluding carboxylic acids is 2. The van der Waals surface area contributed by atoms with E-state index in [1.165, 1.54) is 12.5 Å². The molecule has 0 saturated carbocycles. The minimum atomic E-state index is -0.291. The molecule has 5 nitrogen and oxygen atoms in total. The van der Waals surface area contributed by atoms with Gasteiger partial charge in [-0.25, -0.2) is 5.43 Å². The molecule has 0 fully saturated rings. The number of nitrogens with one attached hydrogen (secondary N) is 1. The second kappa shape index (κ2) is 8.61. The number of Topliss-reactive ketones (excluding diaryl/α,β-unsaturated/α-hetero) is 1. The van der Waals surface area contributed by atoms with E-state index in [-0.39, 0.29) is 24.5 Å². The van der Waals surface area contributed by atoms with Crippen LogP contribution in [-0.4, -0.2) is 17.9 Å². The lowest BCUT2D eigenvalue weighted by molar-refractivity contribution is -0.125. The van der Waals surface area contributed by atoms with Gasteiger partial charge in [-0.1, -0.05) is 6.07 Å². The molecule has 1 heterocycles. The Bertz CT molecular complexity index is 709. The topological polar surface area (TPSA) is 71.7 Å². The maximum absolute atomic E-state index is 12.0. The third-order valence-corrected chi connectivity index (χ3v) is 3.92. The Balaban J connectivity index is 1.74. The van der Waals surface area contributed by atoms with Gasteiger partial charge in [-0.15, -0.1) is 0 Å². The van der Waals surface area contributed by atoms with E-state index in [0.29, 0.717) is 12.2 Å².